The fraction of sp³-hybridized carbons (Fsp3) is 0.389. The first-order valence-corrected chi connectivity index (χ1v) is 20.9. The van der Waals surface area contributed by atoms with Crippen molar-refractivity contribution in [1.29, 1.82) is 0 Å². The van der Waals surface area contributed by atoms with Gasteiger partial charge in [0.25, 0.3) is 0 Å². The molecule has 4 rings (SSSR count). The van der Waals surface area contributed by atoms with Crippen LogP contribution in [0, 0.1) is 0 Å². The number of benzene rings is 2. The Labute approximate surface area is 452 Å². The molecule has 0 saturated heterocycles. The maximum atomic E-state index is 11.8. The van der Waals surface area contributed by atoms with E-state index in [0.29, 0.717) is 48.3 Å². The minimum atomic E-state index is -4.73. The van der Waals surface area contributed by atoms with Crippen molar-refractivity contribution < 1.29 is 208 Å². The maximum absolute atomic E-state index is 11.8. The standard InChI is InChI=1S/C36H44N2O11S3.3K/c1-35(2)28-24-26(51(44,45)46)17-19-30(28)37(21-12-8-11-16-34(39)40)32(35)14-9-6-5-7-10-15-33-36(3,4)29-25-27(52(47,48)49)18-20-31(29)38(33)22-13-23-50(41,42)43;;;/h5-7,9-10,14-15,17-20,24-25H,8,11-13,16,21-23H2,1-4H3,(H3-,39,40,41,42,43,44,45,46,47,48,49);;;/q;3*+1/p-3. The predicted octanol–water partition coefficient (Wildman–Crippen LogP) is -5.52. The number of unbranched alkanes of at least 4 members (excludes halogenated alkanes) is 2. The van der Waals surface area contributed by atoms with Gasteiger partial charge in [-0.2, -0.15) is 4.58 Å². The molecule has 0 spiro atoms. The Morgan fingerprint density at radius 2 is 1.29 bits per heavy atom. The van der Waals surface area contributed by atoms with E-state index in [0.717, 1.165) is 11.4 Å². The number of hydrogen-bond acceptors (Lipinski definition) is 12. The first-order valence-electron chi connectivity index (χ1n) is 16.5. The van der Waals surface area contributed by atoms with Crippen LogP contribution < -0.4 is 164 Å². The van der Waals surface area contributed by atoms with Gasteiger partial charge in [0, 0.05) is 59.2 Å². The normalized spacial score (nSPS) is 17.0. The minimum absolute atomic E-state index is 0. The number of hydrogen-bond donors (Lipinski definition) is 0. The number of carboxylic acids is 1. The van der Waals surface area contributed by atoms with Crippen molar-refractivity contribution in [2.24, 2.45) is 0 Å². The van der Waals surface area contributed by atoms with E-state index in [1.54, 1.807) is 36.4 Å². The molecule has 2 aliphatic rings. The molecule has 0 aromatic heterocycles. The molecular formula is C36H41K3N2O11S3. The van der Waals surface area contributed by atoms with E-state index in [-0.39, 0.29) is 183 Å². The second-order valence-electron chi connectivity index (χ2n) is 13.7. The fourth-order valence-corrected chi connectivity index (χ4v) is 8.18. The Hall–Kier alpha value is 0.979. The average molecular weight is 891 g/mol. The van der Waals surface area contributed by atoms with Gasteiger partial charge in [0.15, 0.2) is 5.71 Å². The molecule has 0 aliphatic carbocycles. The van der Waals surface area contributed by atoms with Gasteiger partial charge in [0.2, 0.25) is 5.69 Å². The van der Waals surface area contributed by atoms with Crippen LogP contribution in [0.1, 0.15) is 70.9 Å². The third-order valence-electron chi connectivity index (χ3n) is 9.30. The van der Waals surface area contributed by atoms with E-state index in [1.165, 1.54) is 30.3 Å². The van der Waals surface area contributed by atoms with E-state index in [2.05, 4.69) is 0 Å². The second-order valence-corrected chi connectivity index (χ2v) is 18.0. The summed E-state index contributed by atoms with van der Waals surface area (Å²) in [5.41, 5.74) is 2.68. The molecule has 2 aliphatic heterocycles. The Balaban J connectivity index is 0.00000504. The maximum Gasteiger partial charge on any atom is 1.00 e. The summed E-state index contributed by atoms with van der Waals surface area (Å²) in [5.74, 6) is -1.69. The summed E-state index contributed by atoms with van der Waals surface area (Å²) >= 11 is 0. The molecule has 0 saturated carbocycles. The quantitative estimate of drug-likeness (QED) is 0.0507. The summed E-state index contributed by atoms with van der Waals surface area (Å²) in [6.07, 6.45) is 14.3. The number of carbonyl (C=O) groups is 1. The second kappa shape index (κ2) is 22.2. The largest absolute Gasteiger partial charge is 1.00 e. The van der Waals surface area contributed by atoms with Crippen molar-refractivity contribution in [3.05, 3.63) is 95.8 Å². The molecule has 0 fully saturated rings. The van der Waals surface area contributed by atoms with Crippen molar-refractivity contribution in [1.82, 2.24) is 0 Å². The molecule has 0 bridgehead atoms. The van der Waals surface area contributed by atoms with Crippen molar-refractivity contribution in [3.63, 3.8) is 0 Å². The van der Waals surface area contributed by atoms with Crippen molar-refractivity contribution in [2.75, 3.05) is 23.7 Å². The zero-order valence-corrected chi connectivity index (χ0v) is 44.1. The van der Waals surface area contributed by atoms with Gasteiger partial charge in [-0.1, -0.05) is 50.6 Å². The summed E-state index contributed by atoms with van der Waals surface area (Å²) < 4.78 is 106. The number of fused-ring (bicyclic) bond motifs is 2. The van der Waals surface area contributed by atoms with Gasteiger partial charge in [-0.15, -0.1) is 0 Å². The number of carboxylic acid groups (broad SMARTS) is 1. The van der Waals surface area contributed by atoms with Gasteiger partial charge < -0.3 is 28.5 Å². The van der Waals surface area contributed by atoms with Crippen LogP contribution in [-0.4, -0.2) is 74.0 Å². The van der Waals surface area contributed by atoms with E-state index in [9.17, 15) is 48.8 Å². The molecule has 0 unspecified atom stereocenters. The SMILES string of the molecule is CC1(C)C(/C=C/C=C/C=C/C=C2/N(CCCCCC(=O)[O-])c3ccc(S(=O)(=O)[O-])cc3C2(C)C)=[N+](CCCS(=O)(=O)[O-])c2ccc(S(=O)(=O)[O-])cc21.[K+].[K+].[K+]. The topological polar surface area (TPSA) is 218 Å². The van der Waals surface area contributed by atoms with Gasteiger partial charge in [-0.05, 0) is 75.1 Å². The molecule has 2 aromatic rings. The Bertz CT molecular complexity index is 2230. The fourth-order valence-electron chi connectivity index (χ4n) is 6.70. The monoisotopic (exact) mass is 890 g/mol. The van der Waals surface area contributed by atoms with E-state index in [4.69, 9.17) is 0 Å². The molecule has 55 heavy (non-hydrogen) atoms. The van der Waals surface area contributed by atoms with Crippen molar-refractivity contribution in [3.8, 4) is 0 Å². The summed E-state index contributed by atoms with van der Waals surface area (Å²) in [5, 5.41) is 10.8. The van der Waals surface area contributed by atoms with Crippen molar-refractivity contribution in [2.45, 2.75) is 80.4 Å². The third kappa shape index (κ3) is 14.3. The first kappa shape index (κ1) is 54.0. The van der Waals surface area contributed by atoms with Gasteiger partial charge in [-0.25, -0.2) is 25.3 Å². The molecule has 282 valence electrons. The van der Waals surface area contributed by atoms with E-state index >= 15 is 0 Å². The van der Waals surface area contributed by atoms with Crippen LogP contribution in [0.2, 0.25) is 0 Å². The number of nitrogens with zero attached hydrogens (tertiary/aromatic N) is 2. The zero-order chi connectivity index (χ0) is 38.7. The average Bonchev–Trinajstić information content (AvgIpc) is 3.36. The van der Waals surface area contributed by atoms with E-state index < -0.39 is 52.9 Å². The predicted molar refractivity (Wildman–Crippen MR) is 190 cm³/mol. The van der Waals surface area contributed by atoms with Crippen LogP contribution in [-0.2, 0) is 46.0 Å². The molecule has 0 atom stereocenters. The summed E-state index contributed by atoms with van der Waals surface area (Å²) in [4.78, 5) is 12.2. The Morgan fingerprint density at radius 1 is 0.727 bits per heavy atom. The van der Waals surface area contributed by atoms with Crippen LogP contribution in [0.25, 0.3) is 0 Å². The zero-order valence-electron chi connectivity index (χ0n) is 32.3. The summed E-state index contributed by atoms with van der Waals surface area (Å²) in [7, 11) is -13.9. The van der Waals surface area contributed by atoms with Gasteiger partial charge >= 0.3 is 154 Å². The molecular weight excluding hydrogens is 850 g/mol. The Morgan fingerprint density at radius 3 is 1.87 bits per heavy atom. The number of rotatable bonds is 16. The van der Waals surface area contributed by atoms with Gasteiger partial charge in [0.1, 0.15) is 26.8 Å². The molecule has 0 amide bonds. The van der Waals surface area contributed by atoms with Crippen LogP contribution in [0.15, 0.2) is 94.4 Å². The summed E-state index contributed by atoms with van der Waals surface area (Å²) in [6.45, 7) is 8.23. The van der Waals surface area contributed by atoms with Gasteiger partial charge in [-0.3, -0.25) is 0 Å². The summed E-state index contributed by atoms with van der Waals surface area (Å²) in [6, 6.07) is 8.33. The molecule has 2 aromatic carbocycles. The minimum Gasteiger partial charge on any atom is -0.748 e. The third-order valence-corrected chi connectivity index (χ3v) is 11.7. The molecule has 19 heteroatoms. The Kier molecular flexibility index (Phi) is 21.8. The van der Waals surface area contributed by atoms with Crippen molar-refractivity contribution >= 4 is 53.4 Å². The smallest absolute Gasteiger partial charge is 0.748 e. The number of anilines is 1. The molecule has 13 nitrogen and oxygen atoms in total. The van der Waals surface area contributed by atoms with E-state index in [1.807, 2.05) is 49.3 Å². The number of aliphatic carboxylic acids is 1. The number of carbonyl (C=O) groups excluding carboxylic acids is 1. The molecule has 0 N–H and O–H groups in total. The van der Waals surface area contributed by atoms with Crippen LogP contribution >= 0.6 is 0 Å². The van der Waals surface area contributed by atoms with Crippen LogP contribution in [0.3, 0.4) is 0 Å². The number of allylic oxidation sites excluding steroid dienone is 8. The van der Waals surface area contributed by atoms with Crippen LogP contribution in [0.4, 0.5) is 11.4 Å². The first-order chi connectivity index (χ1) is 24.0. The molecule has 2 heterocycles. The van der Waals surface area contributed by atoms with Crippen LogP contribution in [0.5, 0.6) is 0 Å². The van der Waals surface area contributed by atoms with Gasteiger partial charge in [0.05, 0.1) is 25.3 Å². The molecule has 0 radical (unpaired) electrons.